The zero-order chi connectivity index (χ0) is 22.3. The Labute approximate surface area is 170 Å². The smallest absolute Gasteiger partial charge is 0.341 e. The van der Waals surface area contributed by atoms with Crippen LogP contribution in [0.15, 0.2) is 42.5 Å². The SMILES string of the molecule is CC(=O)Nc1cc(NC(C)=O)cc(C(=O)NCC#Cc2cccc(C(F)(F)F)c2)c1. The Morgan fingerprint density at radius 2 is 1.53 bits per heavy atom. The predicted octanol–water partition coefficient (Wildman–Crippen LogP) is 3.40. The number of alkyl halides is 3. The first-order chi connectivity index (χ1) is 14.0. The molecule has 0 aliphatic heterocycles. The van der Waals surface area contributed by atoms with Crippen LogP contribution in [0.5, 0.6) is 0 Å². The van der Waals surface area contributed by atoms with Crippen LogP contribution < -0.4 is 16.0 Å². The van der Waals surface area contributed by atoms with E-state index in [0.29, 0.717) is 11.4 Å². The van der Waals surface area contributed by atoms with Crippen LogP contribution in [-0.2, 0) is 15.8 Å². The molecule has 0 aliphatic carbocycles. The number of benzene rings is 2. The summed E-state index contributed by atoms with van der Waals surface area (Å²) in [6.45, 7) is 2.48. The lowest BCUT2D eigenvalue weighted by atomic mass is 10.1. The van der Waals surface area contributed by atoms with Crippen LogP contribution in [0.3, 0.4) is 0 Å². The summed E-state index contributed by atoms with van der Waals surface area (Å²) in [6, 6.07) is 8.88. The third-order valence-electron chi connectivity index (χ3n) is 3.60. The first-order valence-electron chi connectivity index (χ1n) is 8.69. The molecule has 2 aromatic rings. The van der Waals surface area contributed by atoms with Crippen molar-refractivity contribution in [1.82, 2.24) is 5.32 Å². The van der Waals surface area contributed by atoms with Gasteiger partial charge >= 0.3 is 6.18 Å². The number of halogens is 3. The van der Waals surface area contributed by atoms with Crippen LogP contribution >= 0.6 is 0 Å². The Hall–Kier alpha value is -3.80. The molecular weight excluding hydrogens is 399 g/mol. The van der Waals surface area contributed by atoms with Crippen molar-refractivity contribution < 1.29 is 27.6 Å². The monoisotopic (exact) mass is 417 g/mol. The highest BCUT2D eigenvalue weighted by atomic mass is 19.4. The van der Waals surface area contributed by atoms with Crippen LogP contribution in [0.25, 0.3) is 0 Å². The van der Waals surface area contributed by atoms with E-state index in [1.165, 1.54) is 44.2 Å². The lowest BCUT2D eigenvalue weighted by Crippen LogP contribution is -2.24. The summed E-state index contributed by atoms with van der Waals surface area (Å²) in [6.07, 6.45) is -4.46. The van der Waals surface area contributed by atoms with E-state index in [4.69, 9.17) is 0 Å². The Kier molecular flexibility index (Phi) is 7.20. The zero-order valence-electron chi connectivity index (χ0n) is 16.1. The molecule has 2 aromatic carbocycles. The van der Waals surface area contributed by atoms with E-state index in [-0.39, 0.29) is 29.5 Å². The highest BCUT2D eigenvalue weighted by molar-refractivity contribution is 6.00. The van der Waals surface area contributed by atoms with Gasteiger partial charge in [-0.25, -0.2) is 0 Å². The van der Waals surface area contributed by atoms with Gasteiger partial charge in [-0.05, 0) is 36.4 Å². The molecule has 0 saturated heterocycles. The topological polar surface area (TPSA) is 87.3 Å². The fraction of sp³-hybridized carbons (Fsp3) is 0.190. The molecule has 0 aromatic heterocycles. The number of carbonyl (C=O) groups is 3. The Balaban J connectivity index is 2.10. The van der Waals surface area contributed by atoms with Crippen LogP contribution in [-0.4, -0.2) is 24.3 Å². The third-order valence-corrected chi connectivity index (χ3v) is 3.60. The molecule has 30 heavy (non-hydrogen) atoms. The molecule has 0 unspecified atom stereocenters. The van der Waals surface area contributed by atoms with Crippen molar-refractivity contribution in [3.05, 3.63) is 59.2 Å². The molecule has 0 bridgehead atoms. The molecule has 0 heterocycles. The molecule has 3 N–H and O–H groups in total. The maximum absolute atomic E-state index is 12.7. The Bertz CT molecular complexity index is 1000. The van der Waals surface area contributed by atoms with Crippen molar-refractivity contribution in [1.29, 1.82) is 0 Å². The Morgan fingerprint density at radius 1 is 0.933 bits per heavy atom. The van der Waals surface area contributed by atoms with Crippen molar-refractivity contribution in [3.8, 4) is 11.8 Å². The summed E-state index contributed by atoms with van der Waals surface area (Å²) in [5, 5.41) is 7.57. The molecule has 6 nitrogen and oxygen atoms in total. The second-order valence-electron chi connectivity index (χ2n) is 6.22. The minimum Gasteiger partial charge on any atom is -0.341 e. The minimum absolute atomic E-state index is 0.116. The number of carbonyl (C=O) groups excluding carboxylic acids is 3. The summed E-state index contributed by atoms with van der Waals surface area (Å²) >= 11 is 0. The molecule has 9 heteroatoms. The summed E-state index contributed by atoms with van der Waals surface area (Å²) in [5.74, 6) is 3.90. The molecular formula is C21H18F3N3O3. The lowest BCUT2D eigenvalue weighted by molar-refractivity contribution is -0.137. The fourth-order valence-corrected chi connectivity index (χ4v) is 2.46. The molecule has 156 valence electrons. The summed E-state index contributed by atoms with van der Waals surface area (Å²) in [5.41, 5.74) is 0.145. The van der Waals surface area contributed by atoms with Gasteiger partial charge in [-0.2, -0.15) is 13.2 Å². The number of nitrogens with one attached hydrogen (secondary N) is 3. The maximum Gasteiger partial charge on any atom is 0.416 e. The third kappa shape index (κ3) is 6.98. The van der Waals surface area contributed by atoms with Gasteiger partial charge in [0.25, 0.3) is 5.91 Å². The summed E-state index contributed by atoms with van der Waals surface area (Å²) in [4.78, 5) is 34.9. The zero-order valence-corrected chi connectivity index (χ0v) is 16.1. The number of anilines is 2. The van der Waals surface area contributed by atoms with Crippen molar-refractivity contribution in [3.63, 3.8) is 0 Å². The van der Waals surface area contributed by atoms with Gasteiger partial charge < -0.3 is 16.0 Å². The lowest BCUT2D eigenvalue weighted by Gasteiger charge is -2.10. The highest BCUT2D eigenvalue weighted by Crippen LogP contribution is 2.29. The standard InChI is InChI=1S/C21H18F3N3O3/c1-13(28)26-18-10-16(11-19(12-18)27-14(2)29)20(30)25-8-4-6-15-5-3-7-17(9-15)21(22,23)24/h3,5,7,9-12H,8H2,1-2H3,(H,25,30)(H,26,28)(H,27,29). The van der Waals surface area contributed by atoms with Gasteiger partial charge in [0.2, 0.25) is 11.8 Å². The van der Waals surface area contributed by atoms with E-state index in [2.05, 4.69) is 27.8 Å². The summed E-state index contributed by atoms with van der Waals surface area (Å²) < 4.78 is 38.1. The van der Waals surface area contributed by atoms with Crippen LogP contribution in [0, 0.1) is 11.8 Å². The predicted molar refractivity (Wildman–Crippen MR) is 106 cm³/mol. The van der Waals surface area contributed by atoms with Gasteiger partial charge in [-0.1, -0.05) is 17.9 Å². The number of hydrogen-bond acceptors (Lipinski definition) is 3. The average Bonchev–Trinajstić information content (AvgIpc) is 2.63. The molecule has 0 saturated carbocycles. The van der Waals surface area contributed by atoms with Crippen molar-refractivity contribution in [2.45, 2.75) is 20.0 Å². The van der Waals surface area contributed by atoms with Crippen LogP contribution in [0.1, 0.15) is 35.3 Å². The normalized spacial score (nSPS) is 10.4. The number of hydrogen-bond donors (Lipinski definition) is 3. The quantitative estimate of drug-likeness (QED) is 0.667. The van der Waals surface area contributed by atoms with Gasteiger partial charge in [0, 0.05) is 36.3 Å². The molecule has 2 rings (SSSR count). The van der Waals surface area contributed by atoms with E-state index in [1.807, 2.05) is 0 Å². The van der Waals surface area contributed by atoms with Crippen LogP contribution in [0.4, 0.5) is 24.5 Å². The van der Waals surface area contributed by atoms with E-state index in [0.717, 1.165) is 12.1 Å². The van der Waals surface area contributed by atoms with Gasteiger partial charge in [-0.15, -0.1) is 0 Å². The highest BCUT2D eigenvalue weighted by Gasteiger charge is 2.30. The first kappa shape index (κ1) is 22.5. The molecule has 0 atom stereocenters. The van der Waals surface area contributed by atoms with E-state index in [1.54, 1.807) is 0 Å². The molecule has 0 fully saturated rings. The molecule has 3 amide bonds. The van der Waals surface area contributed by atoms with Gasteiger partial charge in [-0.3, -0.25) is 14.4 Å². The average molecular weight is 417 g/mol. The molecule has 0 aliphatic rings. The van der Waals surface area contributed by atoms with E-state index in [9.17, 15) is 27.6 Å². The van der Waals surface area contributed by atoms with E-state index >= 15 is 0 Å². The molecule has 0 radical (unpaired) electrons. The largest absolute Gasteiger partial charge is 0.416 e. The fourth-order valence-electron chi connectivity index (χ4n) is 2.46. The molecule has 0 spiro atoms. The maximum atomic E-state index is 12.7. The van der Waals surface area contributed by atoms with Crippen molar-refractivity contribution in [2.75, 3.05) is 17.2 Å². The van der Waals surface area contributed by atoms with Gasteiger partial charge in [0.1, 0.15) is 0 Å². The summed E-state index contributed by atoms with van der Waals surface area (Å²) in [7, 11) is 0. The second-order valence-corrected chi connectivity index (χ2v) is 6.22. The second kappa shape index (κ2) is 9.60. The first-order valence-corrected chi connectivity index (χ1v) is 8.69. The Morgan fingerprint density at radius 3 is 2.07 bits per heavy atom. The minimum atomic E-state index is -4.46. The van der Waals surface area contributed by atoms with Gasteiger partial charge in [0.05, 0.1) is 12.1 Å². The van der Waals surface area contributed by atoms with Crippen LogP contribution in [0.2, 0.25) is 0 Å². The van der Waals surface area contributed by atoms with E-state index < -0.39 is 17.6 Å². The van der Waals surface area contributed by atoms with Gasteiger partial charge in [0.15, 0.2) is 0 Å². The number of rotatable bonds is 4. The van der Waals surface area contributed by atoms with Crippen molar-refractivity contribution in [2.24, 2.45) is 0 Å². The van der Waals surface area contributed by atoms with Crippen molar-refractivity contribution >= 4 is 29.1 Å². The number of amides is 3.